The van der Waals surface area contributed by atoms with Gasteiger partial charge < -0.3 is 9.88 Å². The van der Waals surface area contributed by atoms with E-state index in [1.807, 2.05) is 18.2 Å². The summed E-state index contributed by atoms with van der Waals surface area (Å²) in [5.41, 5.74) is 3.63. The van der Waals surface area contributed by atoms with Gasteiger partial charge in [0.25, 0.3) is 5.91 Å². The fraction of sp³-hybridized carbons (Fsp3) is 0.200. The Kier molecular flexibility index (Phi) is 5.72. The maximum Gasteiger partial charge on any atom is 0.277 e. The maximum atomic E-state index is 13.1. The summed E-state index contributed by atoms with van der Waals surface area (Å²) in [5, 5.41) is 2.79. The van der Waals surface area contributed by atoms with Crippen molar-refractivity contribution in [1.29, 1.82) is 0 Å². The van der Waals surface area contributed by atoms with Gasteiger partial charge in [-0.1, -0.05) is 37.3 Å². The third-order valence-corrected chi connectivity index (χ3v) is 5.18. The Hall–Kier alpha value is -3.31. The zero-order chi connectivity index (χ0) is 21.1. The Balaban J connectivity index is 1.78. The van der Waals surface area contributed by atoms with Gasteiger partial charge in [0, 0.05) is 28.4 Å². The molecule has 0 atom stereocenters. The molecular weight excluding hydrogens is 377 g/mol. The first-order valence-corrected chi connectivity index (χ1v) is 10.1. The van der Waals surface area contributed by atoms with Crippen LogP contribution < -0.4 is 5.36 Å². The van der Waals surface area contributed by atoms with Crippen LogP contribution in [0.3, 0.4) is 0 Å². The monoisotopic (exact) mass is 401 g/mol. The highest BCUT2D eigenvalue weighted by molar-refractivity contribution is 6.08. The predicted octanol–water partition coefficient (Wildman–Crippen LogP) is 5.04. The van der Waals surface area contributed by atoms with Gasteiger partial charge in [-0.05, 0) is 62.0 Å². The molecule has 1 aromatic heterocycles. The minimum atomic E-state index is -0.396. The second-order valence-corrected chi connectivity index (χ2v) is 7.55. The number of carbonyl (C=O) groups is 1. The Morgan fingerprint density at radius 3 is 2.53 bits per heavy atom. The van der Waals surface area contributed by atoms with Gasteiger partial charge in [-0.2, -0.15) is 0 Å². The number of aromatic nitrogens is 1. The minimum absolute atomic E-state index is 0.358. The summed E-state index contributed by atoms with van der Waals surface area (Å²) in [6, 6.07) is 19.4. The number of carbonyl (C=O) groups excluding carboxylic acids is 1. The van der Waals surface area contributed by atoms with E-state index in [9.17, 15) is 9.18 Å². The van der Waals surface area contributed by atoms with E-state index >= 15 is 0 Å². The van der Waals surface area contributed by atoms with Crippen molar-refractivity contribution >= 4 is 27.7 Å². The van der Waals surface area contributed by atoms with Crippen molar-refractivity contribution in [1.82, 2.24) is 9.88 Å². The molecule has 0 aliphatic carbocycles. The molecule has 4 nitrogen and oxygen atoms in total. The topological polar surface area (TPSA) is 48.5 Å². The first-order valence-electron chi connectivity index (χ1n) is 10.1. The van der Waals surface area contributed by atoms with E-state index in [0.717, 1.165) is 41.3 Å². The van der Waals surface area contributed by atoms with Gasteiger partial charge >= 0.3 is 0 Å². The molecule has 3 aromatic carbocycles. The Morgan fingerprint density at radius 1 is 1.03 bits per heavy atom. The molecule has 1 N–H and O–H groups in total. The normalized spacial score (nSPS) is 12.2. The van der Waals surface area contributed by atoms with Crippen LogP contribution in [0.2, 0.25) is 0 Å². The molecular formula is C25H24FN3O. The fourth-order valence-corrected chi connectivity index (χ4v) is 3.78. The van der Waals surface area contributed by atoms with Gasteiger partial charge in [0.1, 0.15) is 5.82 Å². The number of hydrogen-bond acceptors (Lipinski definition) is 2. The summed E-state index contributed by atoms with van der Waals surface area (Å²) in [4.78, 5) is 22.5. The SMILES string of the molecule is CCCN(C)Cc1cccc2c1[nH]c1cc(=NC(=O)c3ccc(F)cc3)cccc12. The van der Waals surface area contributed by atoms with Gasteiger partial charge in [-0.3, -0.25) is 4.79 Å². The van der Waals surface area contributed by atoms with Crippen molar-refractivity contribution in [3.63, 3.8) is 0 Å². The molecule has 4 aromatic rings. The van der Waals surface area contributed by atoms with Crippen molar-refractivity contribution in [2.45, 2.75) is 19.9 Å². The Labute approximate surface area is 174 Å². The van der Waals surface area contributed by atoms with Crippen LogP contribution in [0.1, 0.15) is 29.3 Å². The first-order chi connectivity index (χ1) is 14.5. The molecule has 0 spiro atoms. The summed E-state index contributed by atoms with van der Waals surface area (Å²) in [6.45, 7) is 4.09. The van der Waals surface area contributed by atoms with E-state index in [0.29, 0.717) is 10.9 Å². The van der Waals surface area contributed by atoms with Gasteiger partial charge in [0.15, 0.2) is 0 Å². The van der Waals surface area contributed by atoms with Crippen LogP contribution in [-0.4, -0.2) is 29.4 Å². The van der Waals surface area contributed by atoms with Gasteiger partial charge in [0.05, 0.1) is 10.9 Å². The lowest BCUT2D eigenvalue weighted by Crippen LogP contribution is -2.18. The summed E-state index contributed by atoms with van der Waals surface area (Å²) in [5.74, 6) is -0.773. The Morgan fingerprint density at radius 2 is 1.77 bits per heavy atom. The van der Waals surface area contributed by atoms with Crippen molar-refractivity contribution < 1.29 is 9.18 Å². The zero-order valence-electron chi connectivity index (χ0n) is 17.2. The molecule has 4 rings (SSSR count). The molecule has 0 aliphatic heterocycles. The van der Waals surface area contributed by atoms with E-state index in [1.54, 1.807) is 6.07 Å². The van der Waals surface area contributed by atoms with Crippen LogP contribution in [-0.2, 0) is 6.54 Å². The van der Waals surface area contributed by atoms with Gasteiger partial charge in [0.2, 0.25) is 0 Å². The quantitative estimate of drug-likeness (QED) is 0.509. The van der Waals surface area contributed by atoms with Crippen LogP contribution in [0.25, 0.3) is 21.8 Å². The van der Waals surface area contributed by atoms with Crippen molar-refractivity contribution in [3.05, 3.63) is 89.0 Å². The lowest BCUT2D eigenvalue weighted by molar-refractivity contribution is 0.0998. The van der Waals surface area contributed by atoms with E-state index in [4.69, 9.17) is 0 Å². The van der Waals surface area contributed by atoms with Crippen molar-refractivity contribution in [2.75, 3.05) is 13.6 Å². The van der Waals surface area contributed by atoms with Crippen LogP contribution >= 0.6 is 0 Å². The summed E-state index contributed by atoms with van der Waals surface area (Å²) in [6.07, 6.45) is 1.11. The van der Waals surface area contributed by atoms with Gasteiger partial charge in [-0.15, -0.1) is 0 Å². The second-order valence-electron chi connectivity index (χ2n) is 7.55. The molecule has 0 aliphatic rings. The van der Waals surface area contributed by atoms with E-state index < -0.39 is 5.91 Å². The Bertz CT molecular complexity index is 1280. The number of H-pyrrole nitrogens is 1. The van der Waals surface area contributed by atoms with Crippen LogP contribution in [0.4, 0.5) is 4.39 Å². The molecule has 152 valence electrons. The van der Waals surface area contributed by atoms with Gasteiger partial charge in [-0.25, -0.2) is 9.38 Å². The number of nitrogens with zero attached hydrogens (tertiary/aromatic N) is 2. The lowest BCUT2D eigenvalue weighted by atomic mass is 10.1. The second kappa shape index (κ2) is 8.59. The molecule has 1 amide bonds. The lowest BCUT2D eigenvalue weighted by Gasteiger charge is -2.15. The molecule has 0 fully saturated rings. The van der Waals surface area contributed by atoms with Crippen LogP contribution in [0.5, 0.6) is 0 Å². The number of nitrogens with one attached hydrogen (secondary N) is 1. The zero-order valence-corrected chi connectivity index (χ0v) is 17.2. The highest BCUT2D eigenvalue weighted by Crippen LogP contribution is 2.27. The molecule has 0 bridgehead atoms. The smallest absolute Gasteiger partial charge is 0.277 e. The first kappa shape index (κ1) is 20.0. The van der Waals surface area contributed by atoms with E-state index in [1.165, 1.54) is 29.8 Å². The van der Waals surface area contributed by atoms with Crippen LogP contribution in [0.15, 0.2) is 71.7 Å². The fourth-order valence-electron chi connectivity index (χ4n) is 3.78. The summed E-state index contributed by atoms with van der Waals surface area (Å²) < 4.78 is 13.1. The molecule has 0 radical (unpaired) electrons. The van der Waals surface area contributed by atoms with Crippen molar-refractivity contribution in [3.8, 4) is 0 Å². The maximum absolute atomic E-state index is 13.1. The van der Waals surface area contributed by atoms with E-state index in [2.05, 4.69) is 47.0 Å². The van der Waals surface area contributed by atoms with E-state index in [-0.39, 0.29) is 5.82 Å². The number of rotatable bonds is 5. The summed E-state index contributed by atoms with van der Waals surface area (Å²) in [7, 11) is 2.13. The number of amides is 1. The number of fused-ring (bicyclic) bond motifs is 3. The molecule has 5 heteroatoms. The average molecular weight is 401 g/mol. The number of aromatic amines is 1. The van der Waals surface area contributed by atoms with Crippen molar-refractivity contribution in [2.24, 2.45) is 4.99 Å². The number of halogens is 1. The average Bonchev–Trinajstić information content (AvgIpc) is 2.94. The molecule has 1 heterocycles. The third-order valence-electron chi connectivity index (χ3n) is 5.18. The van der Waals surface area contributed by atoms with Crippen LogP contribution in [0, 0.1) is 5.82 Å². The highest BCUT2D eigenvalue weighted by Gasteiger charge is 2.09. The summed E-state index contributed by atoms with van der Waals surface area (Å²) >= 11 is 0. The predicted molar refractivity (Wildman–Crippen MR) is 119 cm³/mol. The largest absolute Gasteiger partial charge is 0.354 e. The number of para-hydroxylation sites is 1. The number of benzene rings is 2. The third kappa shape index (κ3) is 4.16. The standard InChI is InChI=1S/C25H24FN3O/c1-3-14-29(2)16-18-6-4-9-22-21-8-5-7-20(15-23(21)28-24(18)22)27-25(30)17-10-12-19(26)13-11-17/h4-13,15,28H,3,14,16H2,1-2H3. The minimum Gasteiger partial charge on any atom is -0.354 e. The molecule has 30 heavy (non-hydrogen) atoms. The number of hydrogen-bond donors (Lipinski definition) is 1. The highest BCUT2D eigenvalue weighted by atomic mass is 19.1. The molecule has 0 unspecified atom stereocenters. The molecule has 0 saturated carbocycles. The molecule has 0 saturated heterocycles.